The van der Waals surface area contributed by atoms with Crippen molar-refractivity contribution in [1.82, 2.24) is 44.1 Å². The molecule has 3 atom stereocenters. The van der Waals surface area contributed by atoms with Gasteiger partial charge in [-0.2, -0.15) is 0 Å². The summed E-state index contributed by atoms with van der Waals surface area (Å²) in [6.45, 7) is 62.1. The normalized spacial score (nSPS) is 13.4. The second-order valence-corrected chi connectivity index (χ2v) is 15.9. The van der Waals surface area contributed by atoms with Gasteiger partial charge in [-0.05, 0) is 119 Å². The number of ketones is 3. The number of hydrogen-bond donors (Lipinski definition) is 0. The molecule has 360 valence electrons. The van der Waals surface area contributed by atoms with E-state index in [1.807, 2.05) is 6.92 Å². The number of hydrogen-bond acceptors (Lipinski definition) is 12. The second kappa shape index (κ2) is 40.4. The molecule has 0 aromatic rings. The van der Waals surface area contributed by atoms with Gasteiger partial charge in [-0.15, -0.1) is 0 Å². The Labute approximate surface area is 374 Å². The molecule has 0 aromatic heterocycles. The molecule has 12 nitrogen and oxygen atoms in total. The number of carbonyl (C=O) groups excluding carboxylic acids is 3. The van der Waals surface area contributed by atoms with E-state index < -0.39 is 0 Å². The van der Waals surface area contributed by atoms with Crippen molar-refractivity contribution >= 4 is 17.3 Å². The van der Waals surface area contributed by atoms with Gasteiger partial charge >= 0.3 is 0 Å². The van der Waals surface area contributed by atoms with Crippen LogP contribution in [0.4, 0.5) is 0 Å². The summed E-state index contributed by atoms with van der Waals surface area (Å²) in [4.78, 5) is 57.0. The van der Waals surface area contributed by atoms with Crippen LogP contribution in [0, 0.1) is 0 Å². The van der Waals surface area contributed by atoms with Gasteiger partial charge in [0.05, 0.1) is 18.1 Å². The van der Waals surface area contributed by atoms with Crippen molar-refractivity contribution in [3.8, 4) is 0 Å². The summed E-state index contributed by atoms with van der Waals surface area (Å²) in [6.07, 6.45) is 0. The maximum absolute atomic E-state index is 12.0. The molecule has 0 rings (SSSR count). The van der Waals surface area contributed by atoms with Gasteiger partial charge in [0.25, 0.3) is 0 Å². The summed E-state index contributed by atoms with van der Waals surface area (Å²) in [6, 6.07) is 0.109. The van der Waals surface area contributed by atoms with Crippen LogP contribution in [0.2, 0.25) is 0 Å². The van der Waals surface area contributed by atoms with Crippen LogP contribution in [-0.2, 0) is 14.4 Å². The fraction of sp³-hybridized carbons (Fsp3) is 0.938. The summed E-state index contributed by atoms with van der Waals surface area (Å²) in [5.74, 6) is 0.845. The Morgan fingerprint density at radius 1 is 0.300 bits per heavy atom. The number of carbonyl (C=O) groups is 3. The van der Waals surface area contributed by atoms with Gasteiger partial charge in [-0.3, -0.25) is 29.1 Å². The van der Waals surface area contributed by atoms with Gasteiger partial charge in [0.15, 0.2) is 0 Å². The first-order valence-corrected chi connectivity index (χ1v) is 24.6. The second-order valence-electron chi connectivity index (χ2n) is 15.9. The van der Waals surface area contributed by atoms with Crippen LogP contribution in [0.15, 0.2) is 0 Å². The van der Waals surface area contributed by atoms with Crippen molar-refractivity contribution in [2.75, 3.05) is 157 Å². The predicted octanol–water partition coefficient (Wildman–Crippen LogP) is 5.85. The van der Waals surface area contributed by atoms with E-state index in [0.717, 1.165) is 157 Å². The average molecular weight is 856 g/mol. The van der Waals surface area contributed by atoms with Crippen molar-refractivity contribution < 1.29 is 14.4 Å². The summed E-state index contributed by atoms with van der Waals surface area (Å²) >= 11 is 0. The molecule has 0 radical (unpaired) electrons. The maximum atomic E-state index is 12.0. The molecule has 0 aromatic carbocycles. The van der Waals surface area contributed by atoms with Crippen LogP contribution in [0.25, 0.3) is 0 Å². The predicted molar refractivity (Wildman–Crippen MR) is 262 cm³/mol. The molecule has 0 aliphatic heterocycles. The van der Waals surface area contributed by atoms with E-state index in [2.05, 4.69) is 141 Å². The van der Waals surface area contributed by atoms with E-state index in [1.165, 1.54) is 0 Å². The van der Waals surface area contributed by atoms with Crippen LogP contribution < -0.4 is 0 Å². The molecule has 0 amide bonds. The largest absolute Gasteiger partial charge is 0.303 e. The smallest absolute Gasteiger partial charge is 0.148 e. The van der Waals surface area contributed by atoms with Gasteiger partial charge in [0.1, 0.15) is 17.3 Å². The molecule has 3 unspecified atom stereocenters. The zero-order chi connectivity index (χ0) is 46.6. The first-order chi connectivity index (χ1) is 28.6. The number of likely N-dealkylation sites (N-methyl/N-ethyl adjacent to an activating group) is 8. The van der Waals surface area contributed by atoms with Gasteiger partial charge in [0, 0.05) is 65.4 Å². The van der Waals surface area contributed by atoms with Gasteiger partial charge in [0.2, 0.25) is 0 Å². The lowest BCUT2D eigenvalue weighted by molar-refractivity contribution is -0.123. The summed E-state index contributed by atoms with van der Waals surface area (Å²) in [7, 11) is 0. The van der Waals surface area contributed by atoms with Crippen LogP contribution in [0.3, 0.4) is 0 Å². The molecule has 12 heteroatoms. The zero-order valence-electron chi connectivity index (χ0n) is 43.5. The Kier molecular flexibility index (Phi) is 42.4. The third kappa shape index (κ3) is 28.4. The third-order valence-electron chi connectivity index (χ3n) is 12.8. The molecule has 0 aliphatic carbocycles. The van der Waals surface area contributed by atoms with Crippen LogP contribution in [0.1, 0.15) is 125 Å². The Morgan fingerprint density at radius 2 is 0.550 bits per heavy atom. The van der Waals surface area contributed by atoms with Crippen molar-refractivity contribution in [2.24, 2.45) is 0 Å². The number of Topliss-reactive ketones (excluding diaryl/α,β-unsaturated/α-hetero) is 3. The van der Waals surface area contributed by atoms with Gasteiger partial charge in [-0.1, -0.05) is 96.9 Å². The van der Waals surface area contributed by atoms with E-state index in [-0.39, 0.29) is 29.7 Å². The standard InChI is InChI=1S/3C16H35N3O/c1-7-17(8-2)11-13-19(15(5)16(6)20)14-12-18(9-3)10-4;1-7-17(8-2)12-13-18(9-3)14-16(15(6)20)19(10-4)11-5;1-7-17(8-2)12-13-19(11-5)16(15(6)20)14-18(9-3)10-4/h15H,7-14H2,1-6H3;2*16H,7-14H2,1-6H3. The van der Waals surface area contributed by atoms with Gasteiger partial charge in [-0.25, -0.2) is 0 Å². The lowest BCUT2D eigenvalue weighted by Crippen LogP contribution is -2.50. The summed E-state index contributed by atoms with van der Waals surface area (Å²) in [5.41, 5.74) is 0. The number of nitrogens with zero attached hydrogens (tertiary/aromatic N) is 9. The Bertz CT molecular complexity index is 962. The average Bonchev–Trinajstić information content (AvgIpc) is 3.25. The van der Waals surface area contributed by atoms with Crippen molar-refractivity contribution in [2.45, 2.75) is 143 Å². The summed E-state index contributed by atoms with van der Waals surface area (Å²) in [5, 5.41) is 0. The molecule has 0 saturated carbocycles. The van der Waals surface area contributed by atoms with E-state index in [1.54, 1.807) is 20.8 Å². The lowest BCUT2D eigenvalue weighted by Gasteiger charge is -2.34. The minimum Gasteiger partial charge on any atom is -0.303 e. The molecule has 0 spiro atoms. The van der Waals surface area contributed by atoms with E-state index in [9.17, 15) is 14.4 Å². The molecule has 0 N–H and O–H groups in total. The van der Waals surface area contributed by atoms with Crippen molar-refractivity contribution in [1.29, 1.82) is 0 Å². The Hall–Kier alpha value is -1.35. The minimum atomic E-state index is 0.0288. The molecule has 0 saturated heterocycles. The van der Waals surface area contributed by atoms with Crippen LogP contribution in [0.5, 0.6) is 0 Å². The maximum Gasteiger partial charge on any atom is 0.148 e. The topological polar surface area (TPSA) is 80.4 Å². The molecule has 0 fully saturated rings. The van der Waals surface area contributed by atoms with E-state index in [4.69, 9.17) is 0 Å². The fourth-order valence-electron chi connectivity index (χ4n) is 7.56. The summed E-state index contributed by atoms with van der Waals surface area (Å²) < 4.78 is 0. The fourth-order valence-corrected chi connectivity index (χ4v) is 7.56. The van der Waals surface area contributed by atoms with Crippen molar-refractivity contribution in [3.63, 3.8) is 0 Å². The third-order valence-corrected chi connectivity index (χ3v) is 12.8. The lowest BCUT2D eigenvalue weighted by atomic mass is 10.1. The van der Waals surface area contributed by atoms with Crippen LogP contribution in [-0.4, -0.2) is 237 Å². The van der Waals surface area contributed by atoms with E-state index in [0.29, 0.717) is 5.78 Å². The van der Waals surface area contributed by atoms with E-state index >= 15 is 0 Å². The van der Waals surface area contributed by atoms with Crippen molar-refractivity contribution in [3.05, 3.63) is 0 Å². The first kappa shape index (κ1) is 62.9. The first-order valence-electron chi connectivity index (χ1n) is 24.6. The molecule has 60 heavy (non-hydrogen) atoms. The molecular weight excluding hydrogens is 751 g/mol. The Balaban J connectivity index is -0.000000812. The highest BCUT2D eigenvalue weighted by atomic mass is 16.1. The molecular formula is C48H105N9O3. The highest BCUT2D eigenvalue weighted by Crippen LogP contribution is 2.07. The molecule has 0 heterocycles. The zero-order valence-corrected chi connectivity index (χ0v) is 43.5. The molecule has 0 aliphatic rings. The number of rotatable bonds is 36. The van der Waals surface area contributed by atoms with Gasteiger partial charge < -0.3 is 29.4 Å². The van der Waals surface area contributed by atoms with Crippen LogP contribution >= 0.6 is 0 Å². The molecule has 0 bridgehead atoms. The minimum absolute atomic E-state index is 0.0288. The highest BCUT2D eigenvalue weighted by Gasteiger charge is 2.25. The Morgan fingerprint density at radius 3 is 0.817 bits per heavy atom. The quantitative estimate of drug-likeness (QED) is 0.0760. The monoisotopic (exact) mass is 856 g/mol. The highest BCUT2D eigenvalue weighted by molar-refractivity contribution is 5.82. The SMILES string of the molecule is CCN(CC)CCN(CC)C(CN(CC)CC)C(C)=O.CCN(CC)CCN(CC)CC(C(C)=O)N(CC)CC.CCN(CC)CCN(CCN(CC)CC)C(C)C(C)=O.